The first-order chi connectivity index (χ1) is 17.5. The van der Waals surface area contributed by atoms with Crippen LogP contribution in [0, 0.1) is 0 Å². The van der Waals surface area contributed by atoms with Gasteiger partial charge in [0.05, 0.1) is 13.2 Å². The molecule has 0 radical (unpaired) electrons. The van der Waals surface area contributed by atoms with Crippen molar-refractivity contribution in [1.82, 2.24) is 15.5 Å². The Morgan fingerprint density at radius 2 is 1.67 bits per heavy atom. The smallest absolute Gasteiger partial charge is 0.309 e. The van der Waals surface area contributed by atoms with Gasteiger partial charge in [-0.3, -0.25) is 14.5 Å². The number of anilines is 1. The minimum atomic E-state index is -0.603. The summed E-state index contributed by atoms with van der Waals surface area (Å²) in [4.78, 5) is 31.2. The Bertz CT molecular complexity index is 1100. The van der Waals surface area contributed by atoms with Gasteiger partial charge in [0, 0.05) is 49.3 Å². The molecule has 0 unspecified atom stereocenters. The van der Waals surface area contributed by atoms with Gasteiger partial charge >= 0.3 is 11.8 Å². The third-order valence-corrected chi connectivity index (χ3v) is 7.50. The molecule has 3 aromatic rings. The number of benzene rings is 2. The van der Waals surface area contributed by atoms with E-state index in [-0.39, 0.29) is 12.1 Å². The molecule has 2 atom stereocenters. The summed E-state index contributed by atoms with van der Waals surface area (Å²) in [5.41, 5.74) is 2.30. The van der Waals surface area contributed by atoms with Gasteiger partial charge in [-0.1, -0.05) is 36.4 Å². The van der Waals surface area contributed by atoms with Crippen molar-refractivity contribution in [3.63, 3.8) is 0 Å². The van der Waals surface area contributed by atoms with Crippen LogP contribution in [0.5, 0.6) is 5.75 Å². The van der Waals surface area contributed by atoms with Crippen molar-refractivity contribution in [2.24, 2.45) is 0 Å². The van der Waals surface area contributed by atoms with Crippen molar-refractivity contribution in [2.45, 2.75) is 25.4 Å². The number of piperazine rings is 1. The van der Waals surface area contributed by atoms with Crippen LogP contribution in [0.2, 0.25) is 0 Å². The SMILES string of the molecule is COc1ccc(CCNC(=O)C(=O)N[C@@H](C)[C@H](c2cccs2)N2CCN(c3ccccc3)CC2)cc1. The predicted molar refractivity (Wildman–Crippen MR) is 145 cm³/mol. The highest BCUT2D eigenvalue weighted by Gasteiger charge is 2.31. The van der Waals surface area contributed by atoms with Gasteiger partial charge in [-0.15, -0.1) is 11.3 Å². The van der Waals surface area contributed by atoms with Crippen LogP contribution in [-0.4, -0.2) is 62.6 Å². The van der Waals surface area contributed by atoms with Crippen LogP contribution in [0.4, 0.5) is 5.69 Å². The second-order valence-corrected chi connectivity index (χ2v) is 9.91. The van der Waals surface area contributed by atoms with E-state index >= 15 is 0 Å². The van der Waals surface area contributed by atoms with Gasteiger partial charge in [0.1, 0.15) is 5.75 Å². The van der Waals surface area contributed by atoms with Crippen molar-refractivity contribution < 1.29 is 14.3 Å². The fourth-order valence-corrected chi connectivity index (χ4v) is 5.61. The number of hydrogen-bond acceptors (Lipinski definition) is 6. The molecule has 2 N–H and O–H groups in total. The first-order valence-corrected chi connectivity index (χ1v) is 13.2. The third kappa shape index (κ3) is 6.65. The van der Waals surface area contributed by atoms with Crippen molar-refractivity contribution in [3.8, 4) is 5.75 Å². The van der Waals surface area contributed by atoms with Gasteiger partial charge in [0.15, 0.2) is 0 Å². The monoisotopic (exact) mass is 506 g/mol. The molecule has 4 rings (SSSR count). The Kier molecular flexibility index (Phi) is 8.97. The fraction of sp³-hybridized carbons (Fsp3) is 0.357. The average molecular weight is 507 g/mol. The number of thiophene rings is 1. The highest BCUT2D eigenvalue weighted by atomic mass is 32.1. The van der Waals surface area contributed by atoms with E-state index in [1.807, 2.05) is 43.3 Å². The molecule has 2 aromatic carbocycles. The molecular weight excluding hydrogens is 472 g/mol. The number of methoxy groups -OCH3 is 1. The summed E-state index contributed by atoms with van der Waals surface area (Å²) in [5, 5.41) is 7.76. The minimum Gasteiger partial charge on any atom is -0.497 e. The van der Waals surface area contributed by atoms with Gasteiger partial charge < -0.3 is 20.3 Å². The summed E-state index contributed by atoms with van der Waals surface area (Å²) < 4.78 is 5.17. The standard InChI is InChI=1S/C28H34N4O3S/c1-21(30-28(34)27(33)29-15-14-22-10-12-24(35-2)13-11-22)26(25-9-6-20-36-25)32-18-16-31(17-19-32)23-7-4-3-5-8-23/h3-13,20-21,26H,14-19H2,1-2H3,(H,29,33)(H,30,34)/t21-,26+/m0/s1. The molecule has 8 heteroatoms. The number of carbonyl (C=O) groups is 2. The number of hydrogen-bond donors (Lipinski definition) is 2. The minimum absolute atomic E-state index is 0.0129. The van der Waals surface area contributed by atoms with Gasteiger partial charge in [0.2, 0.25) is 0 Å². The maximum absolute atomic E-state index is 12.7. The molecule has 1 aromatic heterocycles. The van der Waals surface area contributed by atoms with Gasteiger partial charge in [-0.25, -0.2) is 0 Å². The van der Waals surface area contributed by atoms with Crippen LogP contribution < -0.4 is 20.3 Å². The zero-order valence-corrected chi connectivity index (χ0v) is 21.7. The Balaban J connectivity index is 1.31. The van der Waals surface area contributed by atoms with E-state index in [1.165, 1.54) is 10.6 Å². The lowest BCUT2D eigenvalue weighted by Crippen LogP contribution is -2.53. The summed E-state index contributed by atoms with van der Waals surface area (Å²) in [7, 11) is 1.63. The lowest BCUT2D eigenvalue weighted by Gasteiger charge is -2.42. The Labute approximate surface area is 217 Å². The number of ether oxygens (including phenoxy) is 1. The molecule has 1 aliphatic heterocycles. The second kappa shape index (κ2) is 12.6. The fourth-order valence-electron chi connectivity index (χ4n) is 4.64. The number of rotatable bonds is 9. The summed E-state index contributed by atoms with van der Waals surface area (Å²) in [5.74, 6) is -0.408. The zero-order chi connectivity index (χ0) is 25.3. The van der Waals surface area contributed by atoms with E-state index in [9.17, 15) is 9.59 Å². The van der Waals surface area contributed by atoms with Crippen LogP contribution in [0.1, 0.15) is 23.4 Å². The lowest BCUT2D eigenvalue weighted by atomic mass is 10.0. The summed E-state index contributed by atoms with van der Waals surface area (Å²) in [6, 6.07) is 22.1. The molecule has 1 saturated heterocycles. The molecule has 36 heavy (non-hydrogen) atoms. The highest BCUT2D eigenvalue weighted by molar-refractivity contribution is 7.10. The maximum atomic E-state index is 12.7. The first kappa shape index (κ1) is 25.7. The highest BCUT2D eigenvalue weighted by Crippen LogP contribution is 2.30. The van der Waals surface area contributed by atoms with Crippen LogP contribution in [-0.2, 0) is 16.0 Å². The van der Waals surface area contributed by atoms with E-state index in [0.29, 0.717) is 13.0 Å². The summed E-state index contributed by atoms with van der Waals surface area (Å²) >= 11 is 1.68. The van der Waals surface area contributed by atoms with Gasteiger partial charge in [-0.05, 0) is 54.6 Å². The van der Waals surface area contributed by atoms with Crippen LogP contribution >= 0.6 is 11.3 Å². The molecule has 2 heterocycles. The van der Waals surface area contributed by atoms with Crippen molar-refractivity contribution in [2.75, 3.05) is 44.7 Å². The normalized spacial score (nSPS) is 15.7. The Hall–Kier alpha value is -3.36. The molecule has 1 aliphatic rings. The molecule has 0 spiro atoms. The van der Waals surface area contributed by atoms with E-state index in [4.69, 9.17) is 4.74 Å². The Morgan fingerprint density at radius 3 is 2.31 bits per heavy atom. The maximum Gasteiger partial charge on any atom is 0.309 e. The number of nitrogens with zero attached hydrogens (tertiary/aromatic N) is 2. The number of nitrogens with one attached hydrogen (secondary N) is 2. The van der Waals surface area contributed by atoms with Gasteiger partial charge in [-0.2, -0.15) is 0 Å². The molecule has 0 bridgehead atoms. The molecule has 190 valence electrons. The summed E-state index contributed by atoms with van der Waals surface area (Å²) in [6.07, 6.45) is 0.641. The zero-order valence-electron chi connectivity index (χ0n) is 20.9. The third-order valence-electron chi connectivity index (χ3n) is 6.56. The van der Waals surface area contributed by atoms with E-state index in [1.54, 1.807) is 18.4 Å². The number of amides is 2. The molecule has 0 saturated carbocycles. The number of para-hydroxylation sites is 1. The van der Waals surface area contributed by atoms with Crippen molar-refractivity contribution in [1.29, 1.82) is 0 Å². The van der Waals surface area contributed by atoms with Crippen molar-refractivity contribution in [3.05, 3.63) is 82.6 Å². The van der Waals surface area contributed by atoms with Crippen molar-refractivity contribution >= 4 is 28.8 Å². The van der Waals surface area contributed by atoms with E-state index in [2.05, 4.69) is 56.1 Å². The van der Waals surface area contributed by atoms with E-state index < -0.39 is 11.8 Å². The predicted octanol–water partition coefficient (Wildman–Crippen LogP) is 3.48. The first-order valence-electron chi connectivity index (χ1n) is 12.3. The van der Waals surface area contributed by atoms with Crippen LogP contribution in [0.3, 0.4) is 0 Å². The quantitative estimate of drug-likeness (QED) is 0.435. The largest absolute Gasteiger partial charge is 0.497 e. The van der Waals surface area contributed by atoms with Gasteiger partial charge in [0.25, 0.3) is 0 Å². The van der Waals surface area contributed by atoms with E-state index in [0.717, 1.165) is 37.5 Å². The summed E-state index contributed by atoms with van der Waals surface area (Å²) in [6.45, 7) is 5.97. The molecule has 1 fully saturated rings. The second-order valence-electron chi connectivity index (χ2n) is 8.93. The average Bonchev–Trinajstić information content (AvgIpc) is 3.44. The molecular formula is C28H34N4O3S. The topological polar surface area (TPSA) is 73.9 Å². The molecule has 0 aliphatic carbocycles. The molecule has 7 nitrogen and oxygen atoms in total. The van der Waals surface area contributed by atoms with Crippen LogP contribution in [0.25, 0.3) is 0 Å². The Morgan fingerprint density at radius 1 is 0.944 bits per heavy atom. The lowest BCUT2D eigenvalue weighted by molar-refractivity contribution is -0.139. The van der Waals surface area contributed by atoms with Crippen LogP contribution in [0.15, 0.2) is 72.1 Å². The number of carbonyl (C=O) groups excluding carboxylic acids is 2. The molecule has 2 amide bonds.